The minimum Gasteiger partial charge on any atom is -0.376 e. The van der Waals surface area contributed by atoms with Crippen molar-refractivity contribution in [2.45, 2.75) is 52.1 Å². The van der Waals surface area contributed by atoms with Gasteiger partial charge in [-0.2, -0.15) is 0 Å². The van der Waals surface area contributed by atoms with Gasteiger partial charge in [-0.15, -0.1) is 0 Å². The van der Waals surface area contributed by atoms with Gasteiger partial charge in [0.05, 0.1) is 13.2 Å². The number of ketones is 1. The molecule has 0 amide bonds. The topological polar surface area (TPSA) is 26.3 Å². The molecule has 0 aliphatic rings. The highest BCUT2D eigenvalue weighted by Crippen LogP contribution is 2.28. The summed E-state index contributed by atoms with van der Waals surface area (Å²) in [5.41, 5.74) is 4.58. The van der Waals surface area contributed by atoms with E-state index in [0.717, 1.165) is 5.56 Å². The SMILES string of the molecule is CC(C)(C)c1ccc(C(C)(C)COCc2cccc(C(=O)c3cc(Cl)cc(Cl)c3)c2)cc1. The Hall–Kier alpha value is -2.13. The average molecular weight is 469 g/mol. The maximum atomic E-state index is 12.9. The molecule has 0 radical (unpaired) electrons. The molecule has 0 fully saturated rings. The van der Waals surface area contributed by atoms with Gasteiger partial charge in [0.15, 0.2) is 5.78 Å². The Kier molecular flexibility index (Phi) is 7.50. The van der Waals surface area contributed by atoms with Crippen molar-refractivity contribution in [2.75, 3.05) is 6.61 Å². The van der Waals surface area contributed by atoms with Crippen molar-refractivity contribution < 1.29 is 9.53 Å². The molecule has 0 saturated heterocycles. The number of hydrogen-bond acceptors (Lipinski definition) is 2. The molecule has 3 aromatic carbocycles. The lowest BCUT2D eigenvalue weighted by Gasteiger charge is -2.27. The van der Waals surface area contributed by atoms with Gasteiger partial charge in [-0.25, -0.2) is 0 Å². The highest BCUT2D eigenvalue weighted by Gasteiger charge is 2.22. The summed E-state index contributed by atoms with van der Waals surface area (Å²) in [7, 11) is 0. The van der Waals surface area contributed by atoms with Crippen LogP contribution in [0.1, 0.15) is 67.2 Å². The Labute approximate surface area is 201 Å². The van der Waals surface area contributed by atoms with Crippen LogP contribution in [0, 0.1) is 0 Å². The van der Waals surface area contributed by atoms with Crippen molar-refractivity contribution >= 4 is 29.0 Å². The zero-order chi connectivity index (χ0) is 23.5. The van der Waals surface area contributed by atoms with Gasteiger partial charge in [0.1, 0.15) is 0 Å². The molecule has 0 atom stereocenters. The lowest BCUT2D eigenvalue weighted by atomic mass is 9.81. The summed E-state index contributed by atoms with van der Waals surface area (Å²) in [6, 6.07) is 21.2. The fraction of sp³-hybridized carbons (Fsp3) is 0.321. The van der Waals surface area contributed by atoms with Gasteiger partial charge < -0.3 is 4.74 Å². The van der Waals surface area contributed by atoms with Crippen molar-refractivity contribution in [3.8, 4) is 0 Å². The summed E-state index contributed by atoms with van der Waals surface area (Å²) in [4.78, 5) is 12.9. The molecule has 4 heteroatoms. The number of carbonyl (C=O) groups excluding carboxylic acids is 1. The van der Waals surface area contributed by atoms with E-state index in [1.807, 2.05) is 18.2 Å². The van der Waals surface area contributed by atoms with Crippen molar-refractivity contribution in [2.24, 2.45) is 0 Å². The minimum atomic E-state index is -0.124. The van der Waals surface area contributed by atoms with Gasteiger partial charge >= 0.3 is 0 Å². The summed E-state index contributed by atoms with van der Waals surface area (Å²) >= 11 is 12.1. The van der Waals surface area contributed by atoms with Crippen LogP contribution in [0.2, 0.25) is 10.0 Å². The predicted molar refractivity (Wildman–Crippen MR) is 134 cm³/mol. The van der Waals surface area contributed by atoms with Crippen molar-refractivity contribution in [1.82, 2.24) is 0 Å². The Bertz CT molecular complexity index is 1070. The van der Waals surface area contributed by atoms with Gasteiger partial charge in [-0.1, -0.05) is 100 Å². The van der Waals surface area contributed by atoms with E-state index in [1.54, 1.807) is 24.3 Å². The van der Waals surface area contributed by atoms with E-state index in [9.17, 15) is 4.79 Å². The zero-order valence-electron chi connectivity index (χ0n) is 19.3. The number of rotatable bonds is 7. The highest BCUT2D eigenvalue weighted by molar-refractivity contribution is 6.35. The van der Waals surface area contributed by atoms with Gasteiger partial charge in [0.2, 0.25) is 0 Å². The van der Waals surface area contributed by atoms with Crippen LogP contribution in [-0.2, 0) is 22.2 Å². The minimum absolute atomic E-state index is 0.115. The summed E-state index contributed by atoms with van der Waals surface area (Å²) < 4.78 is 6.06. The molecule has 3 aromatic rings. The molecule has 2 nitrogen and oxygen atoms in total. The molecule has 0 heterocycles. The molecular weight excluding hydrogens is 439 g/mol. The van der Waals surface area contributed by atoms with Crippen molar-refractivity contribution in [1.29, 1.82) is 0 Å². The largest absolute Gasteiger partial charge is 0.376 e. The van der Waals surface area contributed by atoms with Gasteiger partial charge in [-0.05, 0) is 46.4 Å². The standard InChI is InChI=1S/C28H30Cl2O2/c1-27(2,3)22-9-11-23(12-10-22)28(4,5)18-32-17-19-7-6-8-20(13-19)26(31)21-14-24(29)16-25(30)15-21/h6-16H,17-18H2,1-5H3. The summed E-state index contributed by atoms with van der Waals surface area (Å²) in [5.74, 6) is -0.115. The molecule has 0 aliphatic carbocycles. The smallest absolute Gasteiger partial charge is 0.193 e. The van der Waals surface area contributed by atoms with Gasteiger partial charge in [-0.3, -0.25) is 4.79 Å². The van der Waals surface area contributed by atoms with E-state index in [0.29, 0.717) is 34.4 Å². The number of halogens is 2. The van der Waals surface area contributed by atoms with Crippen molar-refractivity contribution in [3.63, 3.8) is 0 Å². The molecule has 168 valence electrons. The van der Waals surface area contributed by atoms with Crippen LogP contribution in [0.3, 0.4) is 0 Å². The quantitative estimate of drug-likeness (QED) is 0.328. The molecule has 0 aliphatic heterocycles. The molecule has 3 rings (SSSR count). The average Bonchev–Trinajstić information content (AvgIpc) is 2.72. The first-order valence-corrected chi connectivity index (χ1v) is 11.5. The Morgan fingerprint density at radius 1 is 0.781 bits per heavy atom. The lowest BCUT2D eigenvalue weighted by Crippen LogP contribution is -2.24. The third kappa shape index (κ3) is 6.22. The summed E-state index contributed by atoms with van der Waals surface area (Å²) in [5, 5.41) is 0.885. The second-order valence-corrected chi connectivity index (χ2v) is 10.8. The number of benzene rings is 3. The van der Waals surface area contributed by atoms with Crippen LogP contribution in [0.4, 0.5) is 0 Å². The van der Waals surface area contributed by atoms with Crippen LogP contribution in [-0.4, -0.2) is 12.4 Å². The predicted octanol–water partition coefficient (Wildman–Crippen LogP) is 8.02. The maximum Gasteiger partial charge on any atom is 0.193 e. The van der Waals surface area contributed by atoms with Crippen LogP contribution >= 0.6 is 23.2 Å². The van der Waals surface area contributed by atoms with E-state index >= 15 is 0 Å². The lowest BCUT2D eigenvalue weighted by molar-refractivity contribution is 0.0824. The van der Waals surface area contributed by atoms with Crippen LogP contribution in [0.25, 0.3) is 0 Å². The fourth-order valence-electron chi connectivity index (χ4n) is 3.58. The Balaban J connectivity index is 1.65. The Morgan fingerprint density at radius 3 is 1.97 bits per heavy atom. The van der Waals surface area contributed by atoms with Crippen LogP contribution < -0.4 is 0 Å². The second kappa shape index (κ2) is 9.79. The maximum absolute atomic E-state index is 12.9. The van der Waals surface area contributed by atoms with Gasteiger partial charge in [0.25, 0.3) is 0 Å². The third-order valence-corrected chi connectivity index (χ3v) is 6.01. The van der Waals surface area contributed by atoms with E-state index in [2.05, 4.69) is 58.9 Å². The zero-order valence-corrected chi connectivity index (χ0v) is 20.8. The van der Waals surface area contributed by atoms with E-state index in [-0.39, 0.29) is 16.6 Å². The second-order valence-electron chi connectivity index (χ2n) is 9.89. The van der Waals surface area contributed by atoms with Crippen LogP contribution in [0.15, 0.2) is 66.7 Å². The normalized spacial score (nSPS) is 12.1. The highest BCUT2D eigenvalue weighted by atomic mass is 35.5. The van der Waals surface area contributed by atoms with E-state index < -0.39 is 0 Å². The third-order valence-electron chi connectivity index (χ3n) is 5.58. The molecule has 0 N–H and O–H groups in total. The monoisotopic (exact) mass is 468 g/mol. The first-order chi connectivity index (χ1) is 15.0. The summed E-state index contributed by atoms with van der Waals surface area (Å²) in [6.45, 7) is 12.0. The van der Waals surface area contributed by atoms with E-state index in [1.165, 1.54) is 11.1 Å². The molecule has 0 saturated carbocycles. The van der Waals surface area contributed by atoms with E-state index in [4.69, 9.17) is 27.9 Å². The van der Waals surface area contributed by atoms with Crippen molar-refractivity contribution in [3.05, 3.63) is 105 Å². The first kappa shape index (κ1) is 24.5. The molecule has 0 unspecified atom stereocenters. The first-order valence-electron chi connectivity index (χ1n) is 10.7. The molecule has 32 heavy (non-hydrogen) atoms. The molecule has 0 spiro atoms. The number of hydrogen-bond donors (Lipinski definition) is 0. The Morgan fingerprint density at radius 2 is 1.38 bits per heavy atom. The molecular formula is C28H30Cl2O2. The van der Waals surface area contributed by atoms with Gasteiger partial charge in [0, 0.05) is 26.6 Å². The fourth-order valence-corrected chi connectivity index (χ4v) is 4.11. The van der Waals surface area contributed by atoms with Crippen LogP contribution in [0.5, 0.6) is 0 Å². The number of carbonyl (C=O) groups is 1. The molecule has 0 aromatic heterocycles. The number of ether oxygens (including phenoxy) is 1. The molecule has 0 bridgehead atoms. The summed E-state index contributed by atoms with van der Waals surface area (Å²) in [6.07, 6.45) is 0.